The zero-order valence-electron chi connectivity index (χ0n) is 37.3. The molecular formula is C53H58N2O10. The van der Waals surface area contributed by atoms with E-state index in [4.69, 9.17) is 28.4 Å². The zero-order chi connectivity index (χ0) is 45.9. The van der Waals surface area contributed by atoms with Crippen LogP contribution in [0, 0.1) is 17.3 Å². The van der Waals surface area contributed by atoms with Gasteiger partial charge in [-0.05, 0) is 149 Å². The van der Waals surface area contributed by atoms with Crippen LogP contribution < -0.4 is 18.9 Å². The fraction of sp³-hybridized carbons (Fsp3) is 0.358. The molecule has 65 heavy (non-hydrogen) atoms. The predicted octanol–water partition coefficient (Wildman–Crippen LogP) is 10.7. The second-order valence-electron chi connectivity index (χ2n) is 16.1. The molecule has 1 spiro atoms. The lowest BCUT2D eigenvalue weighted by atomic mass is 9.93. The SMILES string of the molecule is C=CC(=O)OCCCCCCOc1ccc(C(=O)Oc2ccc(OC(=O)c3ccc(OCCCCCCOC(=O)CCC)cc3)cc2/C(C)=N/N=C/C2=CC3C4C=CC=CC43C=C2)cc1. The summed E-state index contributed by atoms with van der Waals surface area (Å²) in [6.45, 7) is 8.93. The summed E-state index contributed by atoms with van der Waals surface area (Å²) in [4.78, 5) is 49.4. The smallest absolute Gasteiger partial charge is 0.343 e. The molecule has 12 heteroatoms. The van der Waals surface area contributed by atoms with Crippen LogP contribution in [0.2, 0.25) is 0 Å². The molecule has 0 amide bonds. The van der Waals surface area contributed by atoms with Gasteiger partial charge in [0.25, 0.3) is 0 Å². The molecule has 3 aliphatic rings. The summed E-state index contributed by atoms with van der Waals surface area (Å²) in [6, 6.07) is 18.2. The van der Waals surface area contributed by atoms with Crippen molar-refractivity contribution in [1.29, 1.82) is 0 Å². The highest BCUT2D eigenvalue weighted by Gasteiger charge is 2.60. The van der Waals surface area contributed by atoms with Crippen molar-refractivity contribution in [1.82, 2.24) is 0 Å². The highest BCUT2D eigenvalue weighted by atomic mass is 16.5. The number of esters is 4. The minimum absolute atomic E-state index is 0.0760. The summed E-state index contributed by atoms with van der Waals surface area (Å²) in [6.07, 6.45) is 26.3. The van der Waals surface area contributed by atoms with E-state index in [0.29, 0.717) is 78.6 Å². The number of hydrogen-bond acceptors (Lipinski definition) is 12. The predicted molar refractivity (Wildman–Crippen MR) is 250 cm³/mol. The Labute approximate surface area is 381 Å². The maximum absolute atomic E-state index is 13.5. The number of rotatable bonds is 26. The second kappa shape index (κ2) is 24.3. The Kier molecular flexibility index (Phi) is 17.8. The van der Waals surface area contributed by atoms with Crippen LogP contribution >= 0.6 is 0 Å². The van der Waals surface area contributed by atoms with E-state index in [9.17, 15) is 19.2 Å². The molecule has 3 atom stereocenters. The topological polar surface area (TPSA) is 148 Å². The first-order valence-electron chi connectivity index (χ1n) is 22.5. The summed E-state index contributed by atoms with van der Waals surface area (Å²) >= 11 is 0. The van der Waals surface area contributed by atoms with Crippen molar-refractivity contribution in [2.24, 2.45) is 27.5 Å². The molecule has 6 rings (SSSR count). The number of benzene rings is 3. The van der Waals surface area contributed by atoms with Crippen LogP contribution in [0.5, 0.6) is 23.0 Å². The number of ether oxygens (including phenoxy) is 6. The van der Waals surface area contributed by atoms with E-state index in [1.807, 2.05) is 6.92 Å². The van der Waals surface area contributed by atoms with E-state index in [1.165, 1.54) is 0 Å². The second-order valence-corrected chi connectivity index (χ2v) is 16.1. The van der Waals surface area contributed by atoms with E-state index in [0.717, 1.165) is 69.4 Å². The molecule has 3 unspecified atom stereocenters. The molecule has 3 aromatic carbocycles. The molecule has 0 aliphatic heterocycles. The van der Waals surface area contributed by atoms with Crippen molar-refractivity contribution >= 4 is 35.8 Å². The normalized spacial score (nSPS) is 17.9. The van der Waals surface area contributed by atoms with Gasteiger partial charge >= 0.3 is 23.9 Å². The monoisotopic (exact) mass is 882 g/mol. The maximum Gasteiger partial charge on any atom is 0.343 e. The highest BCUT2D eigenvalue weighted by molar-refractivity contribution is 6.03. The van der Waals surface area contributed by atoms with Gasteiger partial charge in [0.1, 0.15) is 23.0 Å². The first-order chi connectivity index (χ1) is 31.7. The lowest BCUT2D eigenvalue weighted by molar-refractivity contribution is -0.143. The molecule has 0 heterocycles. The van der Waals surface area contributed by atoms with Crippen LogP contribution in [-0.2, 0) is 19.1 Å². The summed E-state index contributed by atoms with van der Waals surface area (Å²) in [5, 5.41) is 8.85. The highest BCUT2D eigenvalue weighted by Crippen LogP contribution is 2.65. The largest absolute Gasteiger partial charge is 0.494 e. The van der Waals surface area contributed by atoms with Gasteiger partial charge in [0, 0.05) is 23.5 Å². The average Bonchev–Trinajstić information content (AvgIpc) is 3.99. The summed E-state index contributed by atoms with van der Waals surface area (Å²) in [7, 11) is 0. The van der Waals surface area contributed by atoms with E-state index >= 15 is 0 Å². The van der Waals surface area contributed by atoms with Gasteiger partial charge in [-0.3, -0.25) is 4.79 Å². The van der Waals surface area contributed by atoms with Crippen molar-refractivity contribution in [3.63, 3.8) is 0 Å². The zero-order valence-corrected chi connectivity index (χ0v) is 37.3. The van der Waals surface area contributed by atoms with E-state index in [-0.39, 0.29) is 22.9 Å². The van der Waals surface area contributed by atoms with Gasteiger partial charge in [0.15, 0.2) is 0 Å². The number of hydrogen-bond donors (Lipinski definition) is 0. The lowest BCUT2D eigenvalue weighted by Crippen LogP contribution is -2.12. The van der Waals surface area contributed by atoms with E-state index in [1.54, 1.807) is 79.9 Å². The van der Waals surface area contributed by atoms with Crippen LogP contribution in [-0.4, -0.2) is 62.2 Å². The maximum atomic E-state index is 13.5. The Balaban J connectivity index is 1.04. The first kappa shape index (κ1) is 47.7. The standard InChI is InChI=1S/C53H58N2O10/c1-4-16-50(57)63-34-15-9-7-13-32-60-42-22-18-40(19-23-42)51(58)64-44-26-27-48(45(36-44)38(3)55-54-37-39-28-30-53-29-11-10-17-46(53)47(53)35-39)65-52(59)41-20-24-43(25-21-41)61-31-12-6-8-14-33-62-49(56)5-2/h5,10-11,17-30,35-37,46-47H,2,4,6-9,12-16,31-34H2,1,3H3/b54-37+,55-38+. The fourth-order valence-corrected chi connectivity index (χ4v) is 7.58. The van der Waals surface area contributed by atoms with Crippen LogP contribution in [0.25, 0.3) is 0 Å². The Morgan fingerprint density at radius 3 is 1.92 bits per heavy atom. The molecule has 3 aliphatic carbocycles. The molecule has 0 saturated heterocycles. The number of carbonyl (C=O) groups excluding carboxylic acids is 4. The molecule has 0 bridgehead atoms. The molecule has 12 nitrogen and oxygen atoms in total. The van der Waals surface area contributed by atoms with Gasteiger partial charge in [-0.25, -0.2) is 14.4 Å². The van der Waals surface area contributed by atoms with Crippen molar-refractivity contribution < 1.29 is 47.6 Å². The molecule has 0 radical (unpaired) electrons. The van der Waals surface area contributed by atoms with Crippen molar-refractivity contribution in [2.45, 2.75) is 78.1 Å². The van der Waals surface area contributed by atoms with Crippen LogP contribution in [0.3, 0.4) is 0 Å². The number of fused-ring (bicyclic) bond motifs is 1. The minimum Gasteiger partial charge on any atom is -0.494 e. The molecule has 340 valence electrons. The first-order valence-corrected chi connectivity index (χ1v) is 22.5. The molecular weight excluding hydrogens is 825 g/mol. The third kappa shape index (κ3) is 14.1. The number of nitrogens with zero attached hydrogens (tertiary/aromatic N) is 2. The van der Waals surface area contributed by atoms with Crippen LogP contribution in [0.1, 0.15) is 104 Å². The van der Waals surface area contributed by atoms with Gasteiger partial charge < -0.3 is 28.4 Å². The quantitative estimate of drug-likeness (QED) is 0.0190. The summed E-state index contributed by atoms with van der Waals surface area (Å²) in [5.74, 6) is 0.816. The fourth-order valence-electron chi connectivity index (χ4n) is 7.58. The Bertz CT molecular complexity index is 2320. The molecule has 3 aromatic rings. The summed E-state index contributed by atoms with van der Waals surface area (Å²) in [5.41, 5.74) is 2.52. The average molecular weight is 883 g/mol. The molecule has 1 saturated carbocycles. The number of carbonyl (C=O) groups is 4. The Morgan fingerprint density at radius 1 is 0.692 bits per heavy atom. The number of unbranched alkanes of at least 4 members (excludes halogenated alkanes) is 6. The Hall–Kier alpha value is -6.82. The van der Waals surface area contributed by atoms with Crippen LogP contribution in [0.4, 0.5) is 0 Å². The molecule has 0 N–H and O–H groups in total. The third-order valence-electron chi connectivity index (χ3n) is 11.3. The third-order valence-corrected chi connectivity index (χ3v) is 11.3. The van der Waals surface area contributed by atoms with Crippen molar-refractivity contribution in [2.75, 3.05) is 26.4 Å². The molecule has 1 fully saturated rings. The van der Waals surface area contributed by atoms with Gasteiger partial charge in [-0.1, -0.05) is 56.0 Å². The molecule has 0 aromatic heterocycles. The van der Waals surface area contributed by atoms with Gasteiger partial charge in [-0.15, -0.1) is 0 Å². The van der Waals surface area contributed by atoms with Crippen LogP contribution in [0.15, 0.2) is 138 Å². The van der Waals surface area contributed by atoms with Gasteiger partial charge in [0.2, 0.25) is 0 Å². The van der Waals surface area contributed by atoms with E-state index in [2.05, 4.69) is 59.3 Å². The Morgan fingerprint density at radius 2 is 1.29 bits per heavy atom. The van der Waals surface area contributed by atoms with Crippen molar-refractivity contribution in [3.8, 4) is 23.0 Å². The van der Waals surface area contributed by atoms with Crippen molar-refractivity contribution in [3.05, 3.63) is 144 Å². The lowest BCUT2D eigenvalue weighted by Gasteiger charge is -2.13. The van der Waals surface area contributed by atoms with Gasteiger partial charge in [0.05, 0.1) is 49.5 Å². The number of allylic oxidation sites excluding steroid dienone is 8. The summed E-state index contributed by atoms with van der Waals surface area (Å²) < 4.78 is 33.6. The van der Waals surface area contributed by atoms with Gasteiger partial charge in [-0.2, -0.15) is 10.2 Å². The van der Waals surface area contributed by atoms with E-state index < -0.39 is 17.9 Å². The minimum atomic E-state index is -0.594.